The van der Waals surface area contributed by atoms with E-state index >= 15 is 0 Å². The lowest BCUT2D eigenvalue weighted by molar-refractivity contribution is -0.120. The third-order valence-corrected chi connectivity index (χ3v) is 4.93. The van der Waals surface area contributed by atoms with Crippen LogP contribution in [0, 0.1) is 0 Å². The van der Waals surface area contributed by atoms with Gasteiger partial charge in [-0.25, -0.2) is 0 Å². The number of hydrogen-bond donors (Lipinski definition) is 1. The molecule has 1 N–H and O–H groups in total. The lowest BCUT2D eigenvalue weighted by Gasteiger charge is -2.06. The molecule has 1 aliphatic rings. The van der Waals surface area contributed by atoms with Gasteiger partial charge in [0.05, 0.1) is 25.8 Å². The minimum absolute atomic E-state index is 0.00842. The topological polar surface area (TPSA) is 69.0 Å². The van der Waals surface area contributed by atoms with Crippen LogP contribution in [0.1, 0.15) is 30.0 Å². The van der Waals surface area contributed by atoms with Gasteiger partial charge >= 0.3 is 0 Å². The van der Waals surface area contributed by atoms with E-state index in [9.17, 15) is 4.79 Å². The Morgan fingerprint density at radius 2 is 1.93 bits per heavy atom. The average Bonchev–Trinajstić information content (AvgIpc) is 3.49. The summed E-state index contributed by atoms with van der Waals surface area (Å²) in [6, 6.07) is 11.6. The first kappa shape index (κ1) is 18.2. The van der Waals surface area contributed by atoms with Crippen molar-refractivity contribution in [2.45, 2.75) is 31.7 Å². The van der Waals surface area contributed by atoms with Gasteiger partial charge in [-0.05, 0) is 48.2 Å². The fraction of sp³-hybridized carbons (Fsp3) is 0.318. The molecule has 0 spiro atoms. The number of pyridine rings is 1. The zero-order valence-corrected chi connectivity index (χ0v) is 16.0. The minimum Gasteiger partial charge on any atom is -0.497 e. The number of benzene rings is 1. The molecule has 144 valence electrons. The predicted molar refractivity (Wildman–Crippen MR) is 107 cm³/mol. The molecule has 1 saturated carbocycles. The zero-order valence-electron chi connectivity index (χ0n) is 16.0. The Hall–Kier alpha value is -3.15. The number of nitrogens with one attached hydrogen (secondary N) is 1. The zero-order chi connectivity index (χ0) is 19.3. The molecule has 3 aromatic rings. The second-order valence-electron chi connectivity index (χ2n) is 7.08. The quantitative estimate of drug-likeness (QED) is 0.656. The first-order valence-corrected chi connectivity index (χ1v) is 9.60. The van der Waals surface area contributed by atoms with E-state index in [1.807, 2.05) is 53.5 Å². The van der Waals surface area contributed by atoms with Crippen LogP contribution in [0.25, 0.3) is 11.1 Å². The van der Waals surface area contributed by atoms with Gasteiger partial charge in [0.15, 0.2) is 0 Å². The van der Waals surface area contributed by atoms with Crippen molar-refractivity contribution in [2.24, 2.45) is 0 Å². The molecule has 0 bridgehead atoms. The number of carbonyl (C=O) groups excluding carboxylic acids is 1. The Morgan fingerprint density at radius 3 is 2.61 bits per heavy atom. The van der Waals surface area contributed by atoms with Crippen LogP contribution < -0.4 is 10.1 Å². The van der Waals surface area contributed by atoms with E-state index in [0.29, 0.717) is 25.4 Å². The summed E-state index contributed by atoms with van der Waals surface area (Å²) >= 11 is 0. The first-order chi connectivity index (χ1) is 13.7. The normalized spacial score (nSPS) is 13.3. The lowest BCUT2D eigenvalue weighted by Crippen LogP contribution is -2.28. The van der Waals surface area contributed by atoms with Gasteiger partial charge < -0.3 is 10.1 Å². The van der Waals surface area contributed by atoms with Gasteiger partial charge in [0, 0.05) is 36.6 Å². The molecule has 0 atom stereocenters. The monoisotopic (exact) mass is 376 g/mol. The summed E-state index contributed by atoms with van der Waals surface area (Å²) in [5.74, 6) is 1.36. The highest BCUT2D eigenvalue weighted by molar-refractivity contribution is 5.78. The molecule has 4 rings (SSSR count). The van der Waals surface area contributed by atoms with E-state index in [4.69, 9.17) is 9.84 Å². The Morgan fingerprint density at radius 1 is 1.18 bits per heavy atom. The molecule has 0 aliphatic heterocycles. The molecule has 0 unspecified atom stereocenters. The van der Waals surface area contributed by atoms with Crippen molar-refractivity contribution in [3.8, 4) is 16.9 Å². The Labute approximate surface area is 164 Å². The molecule has 6 nitrogen and oxygen atoms in total. The van der Waals surface area contributed by atoms with Crippen LogP contribution in [-0.2, 0) is 17.8 Å². The van der Waals surface area contributed by atoms with Crippen molar-refractivity contribution >= 4 is 5.91 Å². The van der Waals surface area contributed by atoms with Crippen molar-refractivity contribution < 1.29 is 9.53 Å². The van der Waals surface area contributed by atoms with Crippen molar-refractivity contribution in [1.29, 1.82) is 0 Å². The Kier molecular flexibility index (Phi) is 5.37. The van der Waals surface area contributed by atoms with Crippen molar-refractivity contribution in [3.63, 3.8) is 0 Å². The molecule has 1 aliphatic carbocycles. The highest BCUT2D eigenvalue weighted by atomic mass is 16.5. The van der Waals surface area contributed by atoms with Gasteiger partial charge in [-0.15, -0.1) is 0 Å². The number of hydrogen-bond acceptors (Lipinski definition) is 4. The molecular formula is C22H24N4O2. The molecule has 1 aromatic carbocycles. The van der Waals surface area contributed by atoms with Crippen LogP contribution in [0.2, 0.25) is 0 Å². The standard InChI is InChI=1S/C22H24N4O2/c1-28-19-6-2-16(3-7-19)14-21(27)24-12-13-26-15-20(17-8-10-23-11-9-17)22(25-26)18-4-5-18/h2-3,6-11,15,18H,4-5,12-14H2,1H3,(H,24,27). The van der Waals surface area contributed by atoms with Crippen LogP contribution in [-0.4, -0.2) is 34.3 Å². The molecule has 28 heavy (non-hydrogen) atoms. The van der Waals surface area contributed by atoms with Crippen molar-refractivity contribution in [3.05, 3.63) is 66.2 Å². The minimum atomic E-state index is 0.00842. The van der Waals surface area contributed by atoms with Gasteiger partial charge in [0.2, 0.25) is 5.91 Å². The fourth-order valence-corrected chi connectivity index (χ4v) is 3.26. The molecule has 2 aromatic heterocycles. The maximum Gasteiger partial charge on any atom is 0.224 e. The second-order valence-corrected chi connectivity index (χ2v) is 7.08. The number of aromatic nitrogens is 3. The van der Waals surface area contributed by atoms with Crippen molar-refractivity contribution in [2.75, 3.05) is 13.7 Å². The lowest BCUT2D eigenvalue weighted by atomic mass is 10.1. The largest absolute Gasteiger partial charge is 0.497 e. The van der Waals surface area contributed by atoms with Gasteiger partial charge in [-0.3, -0.25) is 14.5 Å². The molecule has 2 heterocycles. The van der Waals surface area contributed by atoms with E-state index in [1.165, 1.54) is 18.4 Å². The fourth-order valence-electron chi connectivity index (χ4n) is 3.26. The first-order valence-electron chi connectivity index (χ1n) is 9.60. The summed E-state index contributed by atoms with van der Waals surface area (Å²) in [4.78, 5) is 16.3. The smallest absolute Gasteiger partial charge is 0.224 e. The van der Waals surface area contributed by atoms with Gasteiger partial charge in [-0.2, -0.15) is 5.10 Å². The molecule has 0 saturated heterocycles. The third-order valence-electron chi connectivity index (χ3n) is 4.93. The molecule has 0 radical (unpaired) electrons. The molecule has 1 amide bonds. The number of rotatable bonds is 8. The maximum absolute atomic E-state index is 12.2. The Balaban J connectivity index is 1.34. The van der Waals surface area contributed by atoms with E-state index in [0.717, 1.165) is 22.6 Å². The van der Waals surface area contributed by atoms with Crippen LogP contribution >= 0.6 is 0 Å². The summed E-state index contributed by atoms with van der Waals surface area (Å²) in [5.41, 5.74) is 4.45. The predicted octanol–water partition coefficient (Wildman–Crippen LogP) is 3.19. The summed E-state index contributed by atoms with van der Waals surface area (Å²) in [7, 11) is 1.63. The summed E-state index contributed by atoms with van der Waals surface area (Å²) in [5, 5.41) is 7.76. The summed E-state index contributed by atoms with van der Waals surface area (Å²) < 4.78 is 7.08. The Bertz CT molecular complexity index is 931. The number of amides is 1. The summed E-state index contributed by atoms with van der Waals surface area (Å²) in [6.45, 7) is 1.20. The van der Waals surface area contributed by atoms with E-state index in [-0.39, 0.29) is 5.91 Å². The molecular weight excluding hydrogens is 352 g/mol. The maximum atomic E-state index is 12.2. The third kappa shape index (κ3) is 4.39. The van der Waals surface area contributed by atoms with Crippen LogP contribution in [0.5, 0.6) is 5.75 Å². The highest BCUT2D eigenvalue weighted by Gasteiger charge is 2.29. The van der Waals surface area contributed by atoms with Crippen LogP contribution in [0.15, 0.2) is 55.0 Å². The average molecular weight is 376 g/mol. The number of nitrogens with zero attached hydrogens (tertiary/aromatic N) is 3. The molecule has 1 fully saturated rings. The van der Waals surface area contributed by atoms with Crippen molar-refractivity contribution in [1.82, 2.24) is 20.1 Å². The number of carbonyl (C=O) groups is 1. The van der Waals surface area contributed by atoms with E-state index in [1.54, 1.807) is 7.11 Å². The van der Waals surface area contributed by atoms with E-state index < -0.39 is 0 Å². The summed E-state index contributed by atoms with van der Waals surface area (Å²) in [6.07, 6.45) is 8.46. The molecule has 6 heteroatoms. The number of ether oxygens (including phenoxy) is 1. The van der Waals surface area contributed by atoms with Crippen LogP contribution in [0.3, 0.4) is 0 Å². The van der Waals surface area contributed by atoms with Gasteiger partial charge in [0.25, 0.3) is 0 Å². The van der Waals surface area contributed by atoms with Gasteiger partial charge in [-0.1, -0.05) is 12.1 Å². The second kappa shape index (κ2) is 8.25. The SMILES string of the molecule is COc1ccc(CC(=O)NCCn2cc(-c3ccncc3)c(C3CC3)n2)cc1. The highest BCUT2D eigenvalue weighted by Crippen LogP contribution is 2.43. The van der Waals surface area contributed by atoms with Gasteiger partial charge in [0.1, 0.15) is 5.75 Å². The van der Waals surface area contributed by atoms with E-state index in [2.05, 4.69) is 16.5 Å². The number of methoxy groups -OCH3 is 1. The van der Waals surface area contributed by atoms with Crippen LogP contribution in [0.4, 0.5) is 0 Å².